The molecule has 68 valence electrons. The quantitative estimate of drug-likeness (QED) is 0.451. The van der Waals surface area contributed by atoms with E-state index in [2.05, 4.69) is 6.92 Å². The van der Waals surface area contributed by atoms with Gasteiger partial charge in [-0.2, -0.15) is 0 Å². The van der Waals surface area contributed by atoms with E-state index in [1.54, 1.807) is 0 Å². The van der Waals surface area contributed by atoms with Crippen LogP contribution in [0.4, 0.5) is 0 Å². The van der Waals surface area contributed by atoms with E-state index in [9.17, 15) is 0 Å². The number of rotatable bonds is 7. The first kappa shape index (κ1) is 11.5. The van der Waals surface area contributed by atoms with Gasteiger partial charge in [0, 0.05) is 12.5 Å². The lowest BCUT2D eigenvalue weighted by Crippen LogP contribution is -2.05. The van der Waals surface area contributed by atoms with Crippen LogP contribution in [-0.2, 0) is 4.74 Å². The number of halogens is 2. The van der Waals surface area contributed by atoms with E-state index in [0.29, 0.717) is 5.88 Å². The molecule has 11 heavy (non-hydrogen) atoms. The first-order chi connectivity index (χ1) is 5.31. The molecule has 0 fully saturated rings. The second kappa shape index (κ2) is 8.63. The zero-order chi connectivity index (χ0) is 8.53. The molecule has 0 amide bonds. The van der Waals surface area contributed by atoms with Crippen molar-refractivity contribution in [1.82, 2.24) is 0 Å². The van der Waals surface area contributed by atoms with Gasteiger partial charge in [0.2, 0.25) is 0 Å². The Kier molecular flexibility index (Phi) is 9.06. The molecule has 0 bridgehead atoms. The third-order valence-corrected chi connectivity index (χ3v) is 1.95. The van der Waals surface area contributed by atoms with Gasteiger partial charge in [0.15, 0.2) is 0 Å². The summed E-state index contributed by atoms with van der Waals surface area (Å²) < 4.78 is 5.29. The van der Waals surface area contributed by atoms with Crippen molar-refractivity contribution >= 4 is 23.2 Å². The fourth-order valence-corrected chi connectivity index (χ4v) is 1.21. The van der Waals surface area contributed by atoms with E-state index < -0.39 is 0 Å². The summed E-state index contributed by atoms with van der Waals surface area (Å²) in [4.78, 5) is 0. The van der Waals surface area contributed by atoms with Crippen molar-refractivity contribution in [2.45, 2.75) is 38.2 Å². The molecule has 1 atom stereocenters. The zero-order valence-electron chi connectivity index (χ0n) is 6.98. The summed E-state index contributed by atoms with van der Waals surface area (Å²) >= 11 is 11.3. The minimum atomic E-state index is -0.102. The lowest BCUT2D eigenvalue weighted by molar-refractivity contribution is 0.0990. The second-order valence-corrected chi connectivity index (χ2v) is 3.33. The van der Waals surface area contributed by atoms with Crippen LogP contribution >= 0.6 is 23.2 Å². The maximum absolute atomic E-state index is 5.80. The van der Waals surface area contributed by atoms with Gasteiger partial charge in [-0.05, 0) is 19.3 Å². The molecule has 0 N–H and O–H groups in total. The highest BCUT2D eigenvalue weighted by Crippen LogP contribution is 2.07. The molecule has 0 rings (SSSR count). The van der Waals surface area contributed by atoms with Crippen LogP contribution in [0.5, 0.6) is 0 Å². The van der Waals surface area contributed by atoms with Gasteiger partial charge < -0.3 is 4.74 Å². The lowest BCUT2D eigenvalue weighted by atomic mass is 10.3. The molecule has 0 spiro atoms. The molecule has 0 radical (unpaired) electrons. The Hall–Kier alpha value is 0.540. The standard InChI is InChI=1S/C8H16Cl2O/c1-2-5-8(10)11-7-4-3-6-9/h8H,2-7H2,1H3/t8-/m1/s1. The molecular formula is C8H16Cl2O. The molecule has 0 saturated heterocycles. The van der Waals surface area contributed by atoms with Crippen LogP contribution in [0, 0.1) is 0 Å². The van der Waals surface area contributed by atoms with Crippen LogP contribution in [0.1, 0.15) is 32.6 Å². The maximum atomic E-state index is 5.80. The Balaban J connectivity index is 2.97. The van der Waals surface area contributed by atoms with E-state index in [-0.39, 0.29) is 5.56 Å². The molecule has 0 aliphatic carbocycles. The summed E-state index contributed by atoms with van der Waals surface area (Å²) in [6.45, 7) is 2.83. The fourth-order valence-electron chi connectivity index (χ4n) is 0.718. The van der Waals surface area contributed by atoms with Crippen molar-refractivity contribution in [3.63, 3.8) is 0 Å². The van der Waals surface area contributed by atoms with Gasteiger partial charge in [-0.3, -0.25) is 0 Å². The molecular weight excluding hydrogens is 183 g/mol. The van der Waals surface area contributed by atoms with Gasteiger partial charge in [-0.25, -0.2) is 0 Å². The monoisotopic (exact) mass is 198 g/mol. The van der Waals surface area contributed by atoms with Crippen LogP contribution in [0.2, 0.25) is 0 Å². The molecule has 0 aromatic rings. The van der Waals surface area contributed by atoms with Crippen LogP contribution < -0.4 is 0 Å². The largest absolute Gasteiger partial charge is 0.362 e. The smallest absolute Gasteiger partial charge is 0.131 e. The predicted molar refractivity (Wildman–Crippen MR) is 50.5 cm³/mol. The number of unbranched alkanes of at least 4 members (excludes halogenated alkanes) is 1. The van der Waals surface area contributed by atoms with Gasteiger partial charge in [-0.1, -0.05) is 24.9 Å². The first-order valence-electron chi connectivity index (χ1n) is 4.13. The highest BCUT2D eigenvalue weighted by molar-refractivity contribution is 6.19. The molecule has 0 aromatic heterocycles. The van der Waals surface area contributed by atoms with Gasteiger partial charge in [-0.15, -0.1) is 11.6 Å². The van der Waals surface area contributed by atoms with Crippen LogP contribution in [0.3, 0.4) is 0 Å². The average Bonchev–Trinajstić information content (AvgIpc) is 1.99. The highest BCUT2D eigenvalue weighted by atomic mass is 35.5. The zero-order valence-corrected chi connectivity index (χ0v) is 8.50. The Bertz CT molecular complexity index is 78.5. The summed E-state index contributed by atoms with van der Waals surface area (Å²) in [7, 11) is 0. The summed E-state index contributed by atoms with van der Waals surface area (Å²) in [5, 5.41) is 0. The van der Waals surface area contributed by atoms with Gasteiger partial charge in [0.1, 0.15) is 5.56 Å². The minimum absolute atomic E-state index is 0.102. The van der Waals surface area contributed by atoms with Crippen LogP contribution in [0.15, 0.2) is 0 Å². The number of alkyl halides is 2. The third kappa shape index (κ3) is 8.45. The van der Waals surface area contributed by atoms with Crippen molar-refractivity contribution in [3.8, 4) is 0 Å². The first-order valence-corrected chi connectivity index (χ1v) is 5.10. The molecule has 0 heterocycles. The molecule has 0 aliphatic heterocycles. The van der Waals surface area contributed by atoms with E-state index in [1.807, 2.05) is 0 Å². The van der Waals surface area contributed by atoms with Gasteiger partial charge in [0.05, 0.1) is 0 Å². The maximum Gasteiger partial charge on any atom is 0.131 e. The number of hydrogen-bond acceptors (Lipinski definition) is 1. The van der Waals surface area contributed by atoms with Crippen molar-refractivity contribution in [1.29, 1.82) is 0 Å². The predicted octanol–water partition coefficient (Wildman–Crippen LogP) is 3.39. The van der Waals surface area contributed by atoms with E-state index in [1.165, 1.54) is 0 Å². The molecule has 0 saturated carbocycles. The molecule has 1 nitrogen and oxygen atoms in total. The number of hydrogen-bond donors (Lipinski definition) is 0. The average molecular weight is 199 g/mol. The Morgan fingerprint density at radius 3 is 2.64 bits per heavy atom. The van der Waals surface area contributed by atoms with Gasteiger partial charge in [0.25, 0.3) is 0 Å². The summed E-state index contributed by atoms with van der Waals surface area (Å²) in [5.41, 5.74) is -0.102. The van der Waals surface area contributed by atoms with Gasteiger partial charge >= 0.3 is 0 Å². The van der Waals surface area contributed by atoms with E-state index in [4.69, 9.17) is 27.9 Å². The minimum Gasteiger partial charge on any atom is -0.362 e. The topological polar surface area (TPSA) is 9.23 Å². The SMILES string of the molecule is CCC[C@H](Cl)OCCCCCl. The second-order valence-electron chi connectivity index (χ2n) is 2.47. The third-order valence-electron chi connectivity index (χ3n) is 1.34. The Labute approximate surface area is 79.0 Å². The Morgan fingerprint density at radius 1 is 1.36 bits per heavy atom. The van der Waals surface area contributed by atoms with Crippen molar-refractivity contribution in [2.24, 2.45) is 0 Å². The molecule has 0 aromatic carbocycles. The van der Waals surface area contributed by atoms with Crippen molar-refractivity contribution in [2.75, 3.05) is 12.5 Å². The van der Waals surface area contributed by atoms with Crippen molar-refractivity contribution < 1.29 is 4.74 Å². The normalized spacial score (nSPS) is 13.4. The van der Waals surface area contributed by atoms with E-state index in [0.717, 1.165) is 32.3 Å². The summed E-state index contributed by atoms with van der Waals surface area (Å²) in [6, 6.07) is 0. The Morgan fingerprint density at radius 2 is 2.09 bits per heavy atom. The fraction of sp³-hybridized carbons (Fsp3) is 1.00. The summed E-state index contributed by atoms with van der Waals surface area (Å²) in [5.74, 6) is 0.712. The lowest BCUT2D eigenvalue weighted by Gasteiger charge is -2.08. The van der Waals surface area contributed by atoms with Crippen LogP contribution in [-0.4, -0.2) is 18.1 Å². The molecule has 0 unspecified atom stereocenters. The highest BCUT2D eigenvalue weighted by Gasteiger charge is 2.00. The van der Waals surface area contributed by atoms with E-state index >= 15 is 0 Å². The number of ether oxygens (including phenoxy) is 1. The van der Waals surface area contributed by atoms with Crippen LogP contribution in [0.25, 0.3) is 0 Å². The summed E-state index contributed by atoms with van der Waals surface area (Å²) in [6.07, 6.45) is 4.03. The van der Waals surface area contributed by atoms with Crippen molar-refractivity contribution in [3.05, 3.63) is 0 Å². The molecule has 3 heteroatoms. The molecule has 0 aliphatic rings.